The average Bonchev–Trinajstić information content (AvgIpc) is 3.52. The first-order chi connectivity index (χ1) is 21.8. The molecule has 45 heavy (non-hydrogen) atoms. The number of carbonyl (C=O) groups excluding carboxylic acids is 2. The van der Waals surface area contributed by atoms with E-state index in [9.17, 15) is 9.59 Å². The number of hydrogen-bond donors (Lipinski definition) is 1. The average molecular weight is 657 g/mol. The van der Waals surface area contributed by atoms with Gasteiger partial charge in [0.25, 0.3) is 5.91 Å². The number of amides is 2. The van der Waals surface area contributed by atoms with Crippen LogP contribution in [-0.2, 0) is 21.7 Å². The summed E-state index contributed by atoms with van der Waals surface area (Å²) in [6.07, 6.45) is 2.19. The molecule has 5 rings (SSSR count). The molecule has 2 fully saturated rings. The summed E-state index contributed by atoms with van der Waals surface area (Å²) in [5.74, 6) is 1.07. The zero-order chi connectivity index (χ0) is 32.0. The molecule has 0 unspecified atom stereocenters. The van der Waals surface area contributed by atoms with Crippen molar-refractivity contribution in [1.82, 2.24) is 15.1 Å². The minimum Gasteiger partial charge on any atom is -0.493 e. The lowest BCUT2D eigenvalue weighted by Gasteiger charge is -2.35. The number of methoxy groups -OCH3 is 3. The van der Waals surface area contributed by atoms with Crippen LogP contribution in [0.15, 0.2) is 60.7 Å². The van der Waals surface area contributed by atoms with Crippen molar-refractivity contribution in [1.29, 1.82) is 0 Å². The third-order valence-electron chi connectivity index (χ3n) is 8.69. The smallest absolute Gasteiger partial charge is 0.256 e. The Balaban J connectivity index is 1.26. The molecule has 0 bridgehead atoms. The van der Waals surface area contributed by atoms with Crippen LogP contribution in [0, 0.1) is 5.92 Å². The van der Waals surface area contributed by atoms with E-state index in [4.69, 9.17) is 42.1 Å². The Hall–Kier alpha value is -3.50. The van der Waals surface area contributed by atoms with Crippen molar-refractivity contribution in [2.24, 2.45) is 5.92 Å². The van der Waals surface area contributed by atoms with E-state index in [2.05, 4.69) is 10.2 Å². The fraction of sp³-hybridized carbons (Fsp3) is 0.412. The molecule has 0 aliphatic carbocycles. The molecule has 0 spiro atoms. The fourth-order valence-electron chi connectivity index (χ4n) is 6.06. The van der Waals surface area contributed by atoms with E-state index < -0.39 is 5.60 Å². The van der Waals surface area contributed by atoms with Gasteiger partial charge in [-0.1, -0.05) is 59.6 Å². The topological polar surface area (TPSA) is 89.6 Å². The number of likely N-dealkylation sites (tertiary alicyclic amines) is 1. The second-order valence-corrected chi connectivity index (χ2v) is 12.2. The van der Waals surface area contributed by atoms with Crippen LogP contribution in [0.4, 0.5) is 0 Å². The van der Waals surface area contributed by atoms with Gasteiger partial charge in [-0.3, -0.25) is 9.59 Å². The van der Waals surface area contributed by atoms with E-state index in [1.165, 1.54) is 21.3 Å². The molecule has 9 nitrogen and oxygen atoms in total. The number of nitrogens with one attached hydrogen (secondary N) is 1. The van der Waals surface area contributed by atoms with Gasteiger partial charge < -0.3 is 34.1 Å². The van der Waals surface area contributed by atoms with Crippen molar-refractivity contribution in [3.63, 3.8) is 0 Å². The molecule has 2 amide bonds. The number of rotatable bonds is 11. The van der Waals surface area contributed by atoms with E-state index in [-0.39, 0.29) is 24.5 Å². The Morgan fingerprint density at radius 1 is 0.933 bits per heavy atom. The molecule has 2 aliphatic heterocycles. The van der Waals surface area contributed by atoms with Crippen molar-refractivity contribution in [2.75, 3.05) is 54.2 Å². The summed E-state index contributed by atoms with van der Waals surface area (Å²) < 4.78 is 22.8. The standard InChI is InChI=1S/C34H39Cl2N3O6/c1-42-29-17-25(18-30(43-2)31(29)44-3)33(41)39-21-34(45-22-39,26-9-10-27(35)28(36)19-26)13-16-38-14-11-24(12-15-38)32(40)37-20-23-7-5-4-6-8-23/h4-10,17-19,24H,11-16,20-22H2,1-3H3,(H,37,40)/t34-/m0/s1. The van der Waals surface area contributed by atoms with Crippen LogP contribution in [0.5, 0.6) is 17.2 Å². The first kappa shape index (κ1) is 32.9. The summed E-state index contributed by atoms with van der Waals surface area (Å²) >= 11 is 12.7. The van der Waals surface area contributed by atoms with Gasteiger partial charge in [-0.05, 0) is 67.7 Å². The van der Waals surface area contributed by atoms with Crippen LogP contribution in [-0.4, -0.2) is 75.9 Å². The minimum atomic E-state index is -0.797. The van der Waals surface area contributed by atoms with Gasteiger partial charge in [0.05, 0.1) is 37.9 Å². The quantitative estimate of drug-likeness (QED) is 0.281. The Kier molecular flexibility index (Phi) is 10.8. The normalized spacial score (nSPS) is 18.9. The maximum atomic E-state index is 13.8. The summed E-state index contributed by atoms with van der Waals surface area (Å²) in [6, 6.07) is 18.7. The van der Waals surface area contributed by atoms with Gasteiger partial charge in [0.2, 0.25) is 11.7 Å². The number of piperidine rings is 1. The van der Waals surface area contributed by atoms with Gasteiger partial charge in [-0.15, -0.1) is 0 Å². The minimum absolute atomic E-state index is 0.0108. The van der Waals surface area contributed by atoms with Crippen molar-refractivity contribution < 1.29 is 28.5 Å². The Bertz CT molecular complexity index is 1470. The summed E-state index contributed by atoms with van der Waals surface area (Å²) in [5.41, 5.74) is 1.54. The largest absolute Gasteiger partial charge is 0.493 e. The lowest BCUT2D eigenvalue weighted by atomic mass is 9.89. The number of benzene rings is 3. The van der Waals surface area contributed by atoms with Crippen LogP contribution in [0.2, 0.25) is 10.0 Å². The Labute approximate surface area is 274 Å². The molecule has 1 atom stereocenters. The highest BCUT2D eigenvalue weighted by atomic mass is 35.5. The van der Waals surface area contributed by atoms with E-state index in [1.54, 1.807) is 23.1 Å². The van der Waals surface area contributed by atoms with Crippen LogP contribution in [0.25, 0.3) is 0 Å². The molecule has 11 heteroatoms. The van der Waals surface area contributed by atoms with E-state index in [0.29, 0.717) is 52.4 Å². The lowest BCUT2D eigenvalue weighted by molar-refractivity contribution is -0.126. The van der Waals surface area contributed by atoms with Gasteiger partial charge in [-0.25, -0.2) is 0 Å². The Morgan fingerprint density at radius 3 is 2.24 bits per heavy atom. The zero-order valence-electron chi connectivity index (χ0n) is 25.8. The highest BCUT2D eigenvalue weighted by Crippen LogP contribution is 2.41. The van der Waals surface area contributed by atoms with Crippen LogP contribution < -0.4 is 19.5 Å². The summed E-state index contributed by atoms with van der Waals surface area (Å²) in [7, 11) is 4.55. The SMILES string of the molecule is COc1cc(C(=O)N2CO[C@](CCN3CCC(C(=O)NCc4ccccc4)CC3)(c3ccc(Cl)c(Cl)c3)C2)cc(OC)c1OC. The van der Waals surface area contributed by atoms with E-state index in [0.717, 1.165) is 43.6 Å². The van der Waals surface area contributed by atoms with Crippen LogP contribution in [0.1, 0.15) is 40.7 Å². The second kappa shape index (κ2) is 14.7. The highest BCUT2D eigenvalue weighted by Gasteiger charge is 2.43. The number of carbonyl (C=O) groups is 2. The molecular weight excluding hydrogens is 617 g/mol. The number of ether oxygens (including phenoxy) is 4. The molecule has 0 saturated carbocycles. The molecule has 1 N–H and O–H groups in total. The van der Waals surface area contributed by atoms with Gasteiger partial charge in [-0.2, -0.15) is 0 Å². The summed E-state index contributed by atoms with van der Waals surface area (Å²) in [5, 5.41) is 3.96. The van der Waals surface area contributed by atoms with Gasteiger partial charge in [0.1, 0.15) is 12.3 Å². The van der Waals surface area contributed by atoms with E-state index in [1.807, 2.05) is 42.5 Å². The molecule has 2 heterocycles. The first-order valence-corrected chi connectivity index (χ1v) is 15.7. The maximum Gasteiger partial charge on any atom is 0.256 e. The second-order valence-electron chi connectivity index (χ2n) is 11.4. The number of hydrogen-bond acceptors (Lipinski definition) is 7. The molecule has 240 valence electrons. The molecule has 2 saturated heterocycles. The van der Waals surface area contributed by atoms with Gasteiger partial charge in [0.15, 0.2) is 11.5 Å². The molecule has 3 aromatic rings. The monoisotopic (exact) mass is 655 g/mol. The Morgan fingerprint density at radius 2 is 1.62 bits per heavy atom. The predicted octanol–water partition coefficient (Wildman–Crippen LogP) is 5.76. The number of nitrogens with zero attached hydrogens (tertiary/aromatic N) is 2. The van der Waals surface area contributed by atoms with Crippen LogP contribution >= 0.6 is 23.2 Å². The van der Waals surface area contributed by atoms with Crippen molar-refractivity contribution in [3.8, 4) is 17.2 Å². The van der Waals surface area contributed by atoms with Gasteiger partial charge in [0, 0.05) is 24.6 Å². The van der Waals surface area contributed by atoms with Gasteiger partial charge >= 0.3 is 0 Å². The molecule has 0 radical (unpaired) electrons. The third kappa shape index (κ3) is 7.49. The maximum absolute atomic E-state index is 13.8. The molecule has 3 aromatic carbocycles. The lowest BCUT2D eigenvalue weighted by Crippen LogP contribution is -2.43. The third-order valence-corrected chi connectivity index (χ3v) is 9.43. The van der Waals surface area contributed by atoms with Crippen molar-refractivity contribution in [2.45, 2.75) is 31.4 Å². The zero-order valence-corrected chi connectivity index (χ0v) is 27.3. The fourth-order valence-corrected chi connectivity index (χ4v) is 6.35. The summed E-state index contributed by atoms with van der Waals surface area (Å²) in [4.78, 5) is 30.6. The summed E-state index contributed by atoms with van der Waals surface area (Å²) in [6.45, 7) is 3.28. The van der Waals surface area contributed by atoms with Crippen molar-refractivity contribution in [3.05, 3.63) is 87.4 Å². The highest BCUT2D eigenvalue weighted by molar-refractivity contribution is 6.42. The predicted molar refractivity (Wildman–Crippen MR) is 173 cm³/mol. The van der Waals surface area contributed by atoms with Crippen molar-refractivity contribution >= 4 is 35.0 Å². The molecular formula is C34H39Cl2N3O6. The first-order valence-electron chi connectivity index (χ1n) is 15.0. The van der Waals surface area contributed by atoms with Crippen LogP contribution in [0.3, 0.4) is 0 Å². The van der Waals surface area contributed by atoms with E-state index >= 15 is 0 Å². The molecule has 2 aliphatic rings. The number of halogens is 2. The molecule has 0 aromatic heterocycles.